The molecule has 3 rings (SSSR count). The molecule has 7 heteroatoms. The van der Waals surface area contributed by atoms with E-state index in [2.05, 4.69) is 26.6 Å². The number of methoxy groups -OCH3 is 1. The number of thiophene rings is 1. The van der Waals surface area contributed by atoms with Gasteiger partial charge in [0.15, 0.2) is 0 Å². The maximum absolute atomic E-state index is 12.4. The summed E-state index contributed by atoms with van der Waals surface area (Å²) in [6.45, 7) is 0.130. The van der Waals surface area contributed by atoms with Crippen molar-refractivity contribution in [3.8, 4) is 0 Å². The lowest BCUT2D eigenvalue weighted by Gasteiger charge is -2.09. The first-order valence-corrected chi connectivity index (χ1v) is 10.2. The van der Waals surface area contributed by atoms with Crippen LogP contribution < -0.4 is 10.6 Å². The van der Waals surface area contributed by atoms with Crippen LogP contribution in [-0.2, 0) is 22.4 Å². The molecule has 0 atom stereocenters. The van der Waals surface area contributed by atoms with E-state index >= 15 is 0 Å². The highest BCUT2D eigenvalue weighted by Crippen LogP contribution is 2.37. The number of fused-ring (bicyclic) bond motifs is 1. The Kier molecular flexibility index (Phi) is 6.32. The number of hydrogen-bond donors (Lipinski definition) is 2. The van der Waals surface area contributed by atoms with Gasteiger partial charge < -0.3 is 15.4 Å². The number of aryl methyl sites for hydroxylation is 1. The number of nitrogens with one attached hydrogen (secondary N) is 2. The molecule has 1 amide bonds. The average molecular weight is 437 g/mol. The van der Waals surface area contributed by atoms with Crippen LogP contribution in [0.1, 0.15) is 40.1 Å². The van der Waals surface area contributed by atoms with Crippen LogP contribution in [-0.4, -0.2) is 25.5 Å². The highest BCUT2D eigenvalue weighted by atomic mass is 79.9. The van der Waals surface area contributed by atoms with Gasteiger partial charge in [0.1, 0.15) is 5.00 Å². The summed E-state index contributed by atoms with van der Waals surface area (Å²) in [5, 5.41) is 6.58. The number of halogens is 1. The minimum Gasteiger partial charge on any atom is -0.465 e. The van der Waals surface area contributed by atoms with Gasteiger partial charge in [0.05, 0.1) is 19.2 Å². The predicted molar refractivity (Wildman–Crippen MR) is 108 cm³/mol. The van der Waals surface area contributed by atoms with E-state index in [1.54, 1.807) is 0 Å². The van der Waals surface area contributed by atoms with E-state index in [4.69, 9.17) is 4.74 Å². The SMILES string of the molecule is COC(=O)c1c(NC(=O)CNc2ccc(Br)cc2)sc2c1CCCCC2. The average Bonchev–Trinajstić information content (AvgIpc) is 2.81. The second-order valence-electron chi connectivity index (χ2n) is 6.17. The third kappa shape index (κ3) is 4.45. The Bertz CT molecular complexity index is 802. The molecule has 0 radical (unpaired) electrons. The van der Waals surface area contributed by atoms with Crippen molar-refractivity contribution < 1.29 is 14.3 Å². The maximum atomic E-state index is 12.4. The number of benzene rings is 1. The minimum atomic E-state index is -0.374. The summed E-state index contributed by atoms with van der Waals surface area (Å²) in [5.41, 5.74) is 2.44. The summed E-state index contributed by atoms with van der Waals surface area (Å²) >= 11 is 4.89. The first kappa shape index (κ1) is 18.9. The van der Waals surface area contributed by atoms with Gasteiger partial charge >= 0.3 is 5.97 Å². The molecule has 5 nitrogen and oxygen atoms in total. The van der Waals surface area contributed by atoms with E-state index in [0.29, 0.717) is 10.6 Å². The van der Waals surface area contributed by atoms with Gasteiger partial charge in [0.25, 0.3) is 0 Å². The monoisotopic (exact) mass is 436 g/mol. The Morgan fingerprint density at radius 1 is 1.15 bits per heavy atom. The van der Waals surface area contributed by atoms with Crippen molar-refractivity contribution in [3.63, 3.8) is 0 Å². The first-order chi connectivity index (χ1) is 12.6. The third-order valence-electron chi connectivity index (χ3n) is 4.36. The molecule has 138 valence electrons. The molecule has 2 aromatic rings. The molecule has 0 fully saturated rings. The Labute approximate surface area is 165 Å². The lowest BCUT2D eigenvalue weighted by atomic mass is 10.1. The van der Waals surface area contributed by atoms with Gasteiger partial charge in [-0.15, -0.1) is 11.3 Å². The van der Waals surface area contributed by atoms with Gasteiger partial charge in [0.2, 0.25) is 5.91 Å². The smallest absolute Gasteiger partial charge is 0.341 e. The van der Waals surface area contributed by atoms with Crippen molar-refractivity contribution >= 4 is 49.8 Å². The molecule has 1 aromatic heterocycles. The number of carbonyl (C=O) groups is 2. The molecule has 0 bridgehead atoms. The molecular weight excluding hydrogens is 416 g/mol. The number of rotatable bonds is 5. The summed E-state index contributed by atoms with van der Waals surface area (Å²) in [5.74, 6) is -0.560. The van der Waals surface area contributed by atoms with Crippen LogP contribution in [0.4, 0.5) is 10.7 Å². The molecule has 1 aliphatic carbocycles. The van der Waals surface area contributed by atoms with Crippen LogP contribution in [0.25, 0.3) is 0 Å². The van der Waals surface area contributed by atoms with Crippen molar-refractivity contribution in [2.24, 2.45) is 0 Å². The molecule has 0 saturated carbocycles. The zero-order valence-electron chi connectivity index (χ0n) is 14.6. The van der Waals surface area contributed by atoms with E-state index in [-0.39, 0.29) is 18.4 Å². The van der Waals surface area contributed by atoms with Crippen LogP contribution in [0.3, 0.4) is 0 Å². The van der Waals surface area contributed by atoms with E-state index in [1.807, 2.05) is 24.3 Å². The maximum Gasteiger partial charge on any atom is 0.341 e. The van der Waals surface area contributed by atoms with E-state index < -0.39 is 0 Å². The summed E-state index contributed by atoms with van der Waals surface area (Å²) in [7, 11) is 1.38. The molecule has 1 heterocycles. The second kappa shape index (κ2) is 8.68. The fourth-order valence-electron chi connectivity index (χ4n) is 3.07. The normalized spacial score (nSPS) is 13.5. The third-order valence-corrected chi connectivity index (χ3v) is 6.10. The second-order valence-corrected chi connectivity index (χ2v) is 8.19. The summed E-state index contributed by atoms with van der Waals surface area (Å²) < 4.78 is 5.94. The van der Waals surface area contributed by atoms with Crippen LogP contribution >= 0.6 is 27.3 Å². The highest BCUT2D eigenvalue weighted by Gasteiger charge is 2.26. The van der Waals surface area contributed by atoms with Crippen molar-refractivity contribution in [2.45, 2.75) is 32.1 Å². The number of hydrogen-bond acceptors (Lipinski definition) is 5. The zero-order valence-corrected chi connectivity index (χ0v) is 17.0. The van der Waals surface area contributed by atoms with Crippen molar-refractivity contribution in [1.29, 1.82) is 0 Å². The van der Waals surface area contributed by atoms with Crippen LogP contribution in [0.15, 0.2) is 28.7 Å². The number of ether oxygens (including phenoxy) is 1. The van der Waals surface area contributed by atoms with Gasteiger partial charge in [-0.05, 0) is 55.5 Å². The first-order valence-electron chi connectivity index (χ1n) is 8.60. The number of amides is 1. The molecule has 26 heavy (non-hydrogen) atoms. The van der Waals surface area contributed by atoms with Gasteiger partial charge in [-0.25, -0.2) is 4.79 Å². The summed E-state index contributed by atoms with van der Waals surface area (Å²) in [4.78, 5) is 25.8. The van der Waals surface area contributed by atoms with E-state index in [0.717, 1.165) is 41.4 Å². The summed E-state index contributed by atoms with van der Waals surface area (Å²) in [6, 6.07) is 7.60. The molecule has 0 aliphatic heterocycles. The standard InChI is InChI=1S/C19H21BrN2O3S/c1-25-19(24)17-14-5-3-2-4-6-15(14)26-18(17)22-16(23)11-21-13-9-7-12(20)8-10-13/h7-10,21H,2-6,11H2,1H3,(H,22,23). The van der Waals surface area contributed by atoms with E-state index in [1.165, 1.54) is 29.7 Å². The van der Waals surface area contributed by atoms with Crippen molar-refractivity contribution in [3.05, 3.63) is 44.7 Å². The van der Waals surface area contributed by atoms with Gasteiger partial charge in [-0.1, -0.05) is 22.4 Å². The quantitative estimate of drug-likeness (QED) is 0.529. The largest absolute Gasteiger partial charge is 0.465 e. The molecule has 1 aromatic carbocycles. The van der Waals surface area contributed by atoms with Crippen molar-refractivity contribution in [1.82, 2.24) is 0 Å². The number of esters is 1. The van der Waals surface area contributed by atoms with Gasteiger partial charge in [-0.2, -0.15) is 0 Å². The van der Waals surface area contributed by atoms with Crippen LogP contribution in [0.2, 0.25) is 0 Å². The molecule has 1 aliphatic rings. The molecule has 0 saturated heterocycles. The van der Waals surface area contributed by atoms with Crippen LogP contribution in [0.5, 0.6) is 0 Å². The topological polar surface area (TPSA) is 67.4 Å². The lowest BCUT2D eigenvalue weighted by Crippen LogP contribution is -2.22. The molecular formula is C19H21BrN2O3S. The fourth-order valence-corrected chi connectivity index (χ4v) is 4.63. The van der Waals surface area contributed by atoms with Gasteiger partial charge in [-0.3, -0.25) is 4.79 Å². The zero-order chi connectivity index (χ0) is 18.5. The Morgan fingerprint density at radius 2 is 1.88 bits per heavy atom. The van der Waals surface area contributed by atoms with E-state index in [9.17, 15) is 9.59 Å². The van der Waals surface area contributed by atoms with Crippen LogP contribution in [0, 0.1) is 0 Å². The minimum absolute atomic E-state index is 0.130. The Balaban J connectivity index is 1.72. The lowest BCUT2D eigenvalue weighted by molar-refractivity contribution is -0.114. The number of anilines is 2. The van der Waals surface area contributed by atoms with Crippen molar-refractivity contribution in [2.75, 3.05) is 24.3 Å². The molecule has 0 unspecified atom stereocenters. The highest BCUT2D eigenvalue weighted by molar-refractivity contribution is 9.10. The molecule has 2 N–H and O–H groups in total. The molecule has 0 spiro atoms. The number of carbonyl (C=O) groups excluding carboxylic acids is 2. The summed E-state index contributed by atoms with van der Waals surface area (Å²) in [6.07, 6.45) is 5.17. The Hall–Kier alpha value is -1.86. The van der Waals surface area contributed by atoms with Gasteiger partial charge in [0, 0.05) is 15.0 Å². The fraction of sp³-hybridized carbons (Fsp3) is 0.368. The Morgan fingerprint density at radius 3 is 2.62 bits per heavy atom. The predicted octanol–water partition coefficient (Wildman–Crippen LogP) is 4.62.